The smallest absolute Gasteiger partial charge is 0.273 e. The Hall–Kier alpha value is -2.51. The molecule has 0 radical (unpaired) electrons. The second-order valence-electron chi connectivity index (χ2n) is 7.00. The Morgan fingerprint density at radius 1 is 1.37 bits per heavy atom. The molecule has 1 aromatic heterocycles. The molecule has 2 N–H and O–H groups in total. The Morgan fingerprint density at radius 3 is 2.96 bits per heavy atom. The normalized spacial score (nSPS) is 18.4. The van der Waals surface area contributed by atoms with E-state index in [0.717, 1.165) is 32.5 Å². The van der Waals surface area contributed by atoms with Crippen LogP contribution >= 0.6 is 0 Å². The minimum atomic E-state index is -0.301. The molecule has 3 rings (SSSR count). The number of nitrogens with zero attached hydrogens (tertiary/aromatic N) is 4. The van der Waals surface area contributed by atoms with Crippen LogP contribution in [0.2, 0.25) is 0 Å². The molecule has 0 aliphatic carbocycles. The van der Waals surface area contributed by atoms with Crippen LogP contribution in [0.25, 0.3) is 6.08 Å². The van der Waals surface area contributed by atoms with Crippen LogP contribution in [-0.4, -0.2) is 63.7 Å². The van der Waals surface area contributed by atoms with Gasteiger partial charge in [0.2, 0.25) is 0 Å². The van der Waals surface area contributed by atoms with Crippen molar-refractivity contribution >= 4 is 12.0 Å². The van der Waals surface area contributed by atoms with E-state index in [2.05, 4.69) is 57.8 Å². The van der Waals surface area contributed by atoms with Gasteiger partial charge in [0.25, 0.3) is 5.91 Å². The van der Waals surface area contributed by atoms with Crippen LogP contribution in [0.4, 0.5) is 0 Å². The van der Waals surface area contributed by atoms with Crippen molar-refractivity contribution in [2.24, 2.45) is 0 Å². The van der Waals surface area contributed by atoms with Crippen molar-refractivity contribution in [1.82, 2.24) is 25.2 Å². The number of benzene rings is 1. The minimum absolute atomic E-state index is 0.0900. The van der Waals surface area contributed by atoms with E-state index in [9.17, 15) is 4.79 Å². The number of hydrogen-bond acceptors (Lipinski definition) is 5. The first-order valence-corrected chi connectivity index (χ1v) is 9.41. The average molecular weight is 369 g/mol. The molecule has 1 amide bonds. The molecule has 1 aliphatic heterocycles. The third-order valence-corrected chi connectivity index (χ3v) is 4.68. The fourth-order valence-corrected chi connectivity index (χ4v) is 3.44. The van der Waals surface area contributed by atoms with Crippen LogP contribution in [-0.2, 0) is 0 Å². The topological polar surface area (TPSA) is 83.3 Å². The molecule has 2 aromatic rings. The van der Waals surface area contributed by atoms with E-state index in [4.69, 9.17) is 5.11 Å². The number of aromatic nitrogens is 3. The molecule has 0 bridgehead atoms. The summed E-state index contributed by atoms with van der Waals surface area (Å²) in [7, 11) is 0. The summed E-state index contributed by atoms with van der Waals surface area (Å²) >= 11 is 0. The van der Waals surface area contributed by atoms with Crippen molar-refractivity contribution in [2.45, 2.75) is 25.8 Å². The number of amides is 1. The second kappa shape index (κ2) is 9.43. The van der Waals surface area contributed by atoms with Crippen LogP contribution in [0.1, 0.15) is 41.9 Å². The molecule has 144 valence electrons. The molecular formula is C20H27N5O2. The Balaban J connectivity index is 1.59. The zero-order chi connectivity index (χ0) is 19.1. The summed E-state index contributed by atoms with van der Waals surface area (Å²) in [5.41, 5.74) is 2.84. The van der Waals surface area contributed by atoms with Gasteiger partial charge in [-0.3, -0.25) is 9.69 Å². The molecule has 1 fully saturated rings. The Morgan fingerprint density at radius 2 is 2.19 bits per heavy atom. The number of carbonyl (C=O) groups is 1. The van der Waals surface area contributed by atoms with Gasteiger partial charge in [-0.05, 0) is 31.9 Å². The molecule has 0 spiro atoms. The van der Waals surface area contributed by atoms with E-state index in [1.54, 1.807) is 10.9 Å². The molecule has 1 saturated heterocycles. The number of aliphatic hydroxyl groups excluding tert-OH is 1. The summed E-state index contributed by atoms with van der Waals surface area (Å²) in [6.45, 7) is 5.17. The van der Waals surface area contributed by atoms with Gasteiger partial charge in [0.1, 0.15) is 0 Å². The zero-order valence-corrected chi connectivity index (χ0v) is 15.7. The fourth-order valence-electron chi connectivity index (χ4n) is 3.44. The minimum Gasteiger partial charge on any atom is -0.395 e. The van der Waals surface area contributed by atoms with E-state index in [-0.39, 0.29) is 25.1 Å². The van der Waals surface area contributed by atoms with Crippen molar-refractivity contribution in [3.8, 4) is 0 Å². The Kier molecular flexibility index (Phi) is 6.73. The second-order valence-corrected chi connectivity index (χ2v) is 7.00. The number of likely N-dealkylation sites (tertiary alicyclic amines) is 1. The van der Waals surface area contributed by atoms with Gasteiger partial charge in [-0.15, -0.1) is 5.10 Å². The third kappa shape index (κ3) is 5.48. The first-order chi connectivity index (χ1) is 13.2. The lowest BCUT2D eigenvalue weighted by molar-refractivity contribution is 0.0939. The maximum absolute atomic E-state index is 11.9. The van der Waals surface area contributed by atoms with Crippen LogP contribution in [0.15, 0.2) is 42.1 Å². The highest BCUT2D eigenvalue weighted by Gasteiger charge is 2.23. The number of aliphatic hydroxyl groups is 1. The van der Waals surface area contributed by atoms with Crippen LogP contribution < -0.4 is 5.32 Å². The monoisotopic (exact) mass is 369 g/mol. The molecule has 27 heavy (non-hydrogen) atoms. The van der Waals surface area contributed by atoms with Gasteiger partial charge >= 0.3 is 0 Å². The maximum Gasteiger partial charge on any atom is 0.273 e. The lowest BCUT2D eigenvalue weighted by atomic mass is 10.0. The highest BCUT2D eigenvalue weighted by Crippen LogP contribution is 2.22. The first-order valence-electron chi connectivity index (χ1n) is 9.41. The molecule has 1 atom stereocenters. The van der Waals surface area contributed by atoms with Crippen LogP contribution in [0.5, 0.6) is 0 Å². The fraction of sp³-hybridized carbons (Fsp3) is 0.450. The summed E-state index contributed by atoms with van der Waals surface area (Å²) in [4.78, 5) is 14.4. The summed E-state index contributed by atoms with van der Waals surface area (Å²) in [5.74, 6) is -0.301. The summed E-state index contributed by atoms with van der Waals surface area (Å²) < 4.78 is 1.80. The SMILES string of the molecule is C/C(=C\c1ccccc1)CN1CCCC(n2cc(C(=O)NCCO)nn2)C1. The maximum atomic E-state index is 11.9. The Bertz CT molecular complexity index is 772. The molecule has 0 saturated carbocycles. The van der Waals surface area contributed by atoms with Crippen LogP contribution in [0.3, 0.4) is 0 Å². The van der Waals surface area contributed by atoms with Crippen molar-refractivity contribution in [2.75, 3.05) is 32.8 Å². The average Bonchev–Trinajstić information content (AvgIpc) is 3.17. The van der Waals surface area contributed by atoms with E-state index in [0.29, 0.717) is 5.69 Å². The quantitative estimate of drug-likeness (QED) is 0.777. The van der Waals surface area contributed by atoms with Crippen molar-refractivity contribution in [1.29, 1.82) is 0 Å². The molecule has 7 nitrogen and oxygen atoms in total. The summed E-state index contributed by atoms with van der Waals surface area (Å²) in [6.07, 6.45) is 6.05. The zero-order valence-electron chi connectivity index (χ0n) is 15.7. The first kappa shape index (κ1) is 19.3. The lowest BCUT2D eigenvalue weighted by Crippen LogP contribution is -2.37. The van der Waals surface area contributed by atoms with Gasteiger partial charge < -0.3 is 10.4 Å². The van der Waals surface area contributed by atoms with Crippen molar-refractivity contribution < 1.29 is 9.90 Å². The molecule has 2 heterocycles. The number of carbonyl (C=O) groups excluding carboxylic acids is 1. The van der Waals surface area contributed by atoms with E-state index in [1.807, 2.05) is 6.07 Å². The molecular weight excluding hydrogens is 342 g/mol. The molecule has 1 aliphatic rings. The predicted molar refractivity (Wildman–Crippen MR) is 104 cm³/mol. The highest BCUT2D eigenvalue weighted by atomic mass is 16.3. The largest absolute Gasteiger partial charge is 0.395 e. The number of hydrogen-bond donors (Lipinski definition) is 2. The number of rotatable bonds is 7. The lowest BCUT2D eigenvalue weighted by Gasteiger charge is -2.32. The highest BCUT2D eigenvalue weighted by molar-refractivity contribution is 5.91. The van der Waals surface area contributed by atoms with Crippen LogP contribution in [0, 0.1) is 0 Å². The molecule has 1 aromatic carbocycles. The van der Waals surface area contributed by atoms with Gasteiger partial charge in [-0.25, -0.2) is 4.68 Å². The van der Waals surface area contributed by atoms with E-state index in [1.165, 1.54) is 11.1 Å². The summed E-state index contributed by atoms with van der Waals surface area (Å²) in [6, 6.07) is 10.6. The van der Waals surface area contributed by atoms with Gasteiger partial charge in [-0.1, -0.05) is 47.2 Å². The molecule has 1 unspecified atom stereocenters. The third-order valence-electron chi connectivity index (χ3n) is 4.68. The van der Waals surface area contributed by atoms with Gasteiger partial charge in [-0.2, -0.15) is 0 Å². The van der Waals surface area contributed by atoms with Gasteiger partial charge in [0, 0.05) is 19.6 Å². The van der Waals surface area contributed by atoms with Gasteiger partial charge in [0.05, 0.1) is 18.8 Å². The van der Waals surface area contributed by atoms with Gasteiger partial charge in [0.15, 0.2) is 5.69 Å². The van der Waals surface area contributed by atoms with Crippen molar-refractivity contribution in [3.63, 3.8) is 0 Å². The standard InChI is InChI=1S/C20H27N5O2/c1-16(12-17-6-3-2-4-7-17)13-24-10-5-8-18(14-24)25-15-19(22-23-25)20(27)21-9-11-26/h2-4,6-7,12,15,18,26H,5,8-11,13-14H2,1H3,(H,21,27)/b16-12+. The Labute approximate surface area is 159 Å². The van der Waals surface area contributed by atoms with Crippen molar-refractivity contribution in [3.05, 3.63) is 53.4 Å². The van der Waals surface area contributed by atoms with E-state index >= 15 is 0 Å². The van der Waals surface area contributed by atoms with E-state index < -0.39 is 0 Å². The predicted octanol–water partition coefficient (Wildman–Crippen LogP) is 1.74. The number of piperidine rings is 1. The summed E-state index contributed by atoms with van der Waals surface area (Å²) in [5, 5.41) is 19.5. The molecule has 7 heteroatoms. The number of nitrogens with one attached hydrogen (secondary N) is 1.